The van der Waals surface area contributed by atoms with Crippen LogP contribution in [0.1, 0.15) is 58.3 Å². The van der Waals surface area contributed by atoms with E-state index in [-0.39, 0.29) is 0 Å². The molecule has 1 nitrogen and oxygen atoms in total. The van der Waals surface area contributed by atoms with Crippen molar-refractivity contribution in [2.75, 3.05) is 11.9 Å². The van der Waals surface area contributed by atoms with Gasteiger partial charge in [0.25, 0.3) is 0 Å². The van der Waals surface area contributed by atoms with E-state index in [1.54, 1.807) is 0 Å². The number of nitrogens with one attached hydrogen (secondary N) is 1. The largest absolute Gasteiger partial charge is 0.385 e. The summed E-state index contributed by atoms with van der Waals surface area (Å²) in [5.41, 5.74) is 3.80. The first-order valence-corrected chi connectivity index (χ1v) is 9.29. The van der Waals surface area contributed by atoms with Crippen molar-refractivity contribution in [2.45, 2.75) is 58.3 Å². The second-order valence-corrected chi connectivity index (χ2v) is 6.35. The molecule has 0 aliphatic rings. The Morgan fingerprint density at radius 2 is 1.30 bits per heavy atom. The SMILES string of the molecule is CCCCCCCCCCNc1cccc(-c2ccccc2)c1. The second-order valence-electron chi connectivity index (χ2n) is 6.35. The average Bonchev–Trinajstić information content (AvgIpc) is 2.61. The van der Waals surface area contributed by atoms with Crippen LogP contribution in [0.5, 0.6) is 0 Å². The minimum Gasteiger partial charge on any atom is -0.385 e. The highest BCUT2D eigenvalue weighted by Crippen LogP contribution is 2.22. The molecule has 0 saturated heterocycles. The Kier molecular flexibility index (Phi) is 8.32. The van der Waals surface area contributed by atoms with Crippen molar-refractivity contribution in [1.29, 1.82) is 0 Å². The molecule has 0 atom stereocenters. The van der Waals surface area contributed by atoms with Crippen molar-refractivity contribution in [3.63, 3.8) is 0 Å². The van der Waals surface area contributed by atoms with Gasteiger partial charge in [0.1, 0.15) is 0 Å². The molecule has 124 valence electrons. The van der Waals surface area contributed by atoms with E-state index in [1.807, 2.05) is 0 Å². The number of unbranched alkanes of at least 4 members (excludes halogenated alkanes) is 7. The number of anilines is 1. The van der Waals surface area contributed by atoms with Crippen molar-refractivity contribution in [1.82, 2.24) is 0 Å². The average molecular weight is 309 g/mol. The Morgan fingerprint density at radius 1 is 0.652 bits per heavy atom. The van der Waals surface area contributed by atoms with Gasteiger partial charge in [-0.25, -0.2) is 0 Å². The fourth-order valence-electron chi connectivity index (χ4n) is 2.93. The minimum atomic E-state index is 1.08. The molecule has 0 spiro atoms. The van der Waals surface area contributed by atoms with Crippen LogP contribution in [0.4, 0.5) is 5.69 Å². The Hall–Kier alpha value is -1.76. The summed E-state index contributed by atoms with van der Waals surface area (Å²) in [6, 6.07) is 19.3. The van der Waals surface area contributed by atoms with Crippen LogP contribution in [0.2, 0.25) is 0 Å². The topological polar surface area (TPSA) is 12.0 Å². The maximum atomic E-state index is 3.57. The van der Waals surface area contributed by atoms with Crippen LogP contribution >= 0.6 is 0 Å². The normalized spacial score (nSPS) is 10.7. The molecule has 2 aromatic rings. The van der Waals surface area contributed by atoms with Crippen LogP contribution < -0.4 is 5.32 Å². The second kappa shape index (κ2) is 10.9. The van der Waals surface area contributed by atoms with Crippen molar-refractivity contribution >= 4 is 5.69 Å². The fraction of sp³-hybridized carbons (Fsp3) is 0.455. The van der Waals surface area contributed by atoms with Gasteiger partial charge in [-0.05, 0) is 29.7 Å². The molecule has 0 aliphatic carbocycles. The van der Waals surface area contributed by atoms with Crippen LogP contribution in [0.15, 0.2) is 54.6 Å². The van der Waals surface area contributed by atoms with E-state index >= 15 is 0 Å². The van der Waals surface area contributed by atoms with Gasteiger partial charge in [0, 0.05) is 12.2 Å². The molecule has 2 rings (SSSR count). The van der Waals surface area contributed by atoms with Gasteiger partial charge >= 0.3 is 0 Å². The lowest BCUT2D eigenvalue weighted by molar-refractivity contribution is 0.581. The lowest BCUT2D eigenvalue weighted by Crippen LogP contribution is -2.01. The van der Waals surface area contributed by atoms with Crippen molar-refractivity contribution < 1.29 is 0 Å². The minimum absolute atomic E-state index is 1.08. The van der Waals surface area contributed by atoms with Gasteiger partial charge in [0.15, 0.2) is 0 Å². The van der Waals surface area contributed by atoms with Gasteiger partial charge in [-0.3, -0.25) is 0 Å². The summed E-state index contributed by atoms with van der Waals surface area (Å²) in [7, 11) is 0. The summed E-state index contributed by atoms with van der Waals surface area (Å²) >= 11 is 0. The smallest absolute Gasteiger partial charge is 0.0346 e. The van der Waals surface area contributed by atoms with E-state index in [0.717, 1.165) is 6.54 Å². The first kappa shape index (κ1) is 17.6. The predicted molar refractivity (Wildman–Crippen MR) is 103 cm³/mol. The summed E-state index contributed by atoms with van der Waals surface area (Å²) in [5.74, 6) is 0. The molecule has 1 heteroatoms. The quantitative estimate of drug-likeness (QED) is 0.445. The number of hydrogen-bond donors (Lipinski definition) is 1. The standard InChI is InChI=1S/C22H31N/c1-2-3-4-5-6-7-8-12-18-23-22-17-13-16-21(19-22)20-14-10-9-11-15-20/h9-11,13-17,19,23H,2-8,12,18H2,1H3. The molecule has 2 aromatic carbocycles. The Morgan fingerprint density at radius 3 is 2.04 bits per heavy atom. The monoisotopic (exact) mass is 309 g/mol. The summed E-state index contributed by atoms with van der Waals surface area (Å²) in [4.78, 5) is 0. The van der Waals surface area contributed by atoms with Crippen molar-refractivity contribution in [2.24, 2.45) is 0 Å². The molecule has 0 unspecified atom stereocenters. The van der Waals surface area contributed by atoms with Crippen LogP contribution in [-0.2, 0) is 0 Å². The van der Waals surface area contributed by atoms with Crippen LogP contribution in [-0.4, -0.2) is 6.54 Å². The third kappa shape index (κ3) is 6.90. The predicted octanol–water partition coefficient (Wildman–Crippen LogP) is 6.91. The molecule has 0 radical (unpaired) electrons. The highest BCUT2D eigenvalue weighted by Gasteiger charge is 1.98. The molecular formula is C22H31N. The van der Waals surface area contributed by atoms with E-state index < -0.39 is 0 Å². The van der Waals surface area contributed by atoms with Gasteiger partial charge in [-0.2, -0.15) is 0 Å². The van der Waals surface area contributed by atoms with E-state index in [0.29, 0.717) is 0 Å². The molecule has 0 heterocycles. The van der Waals surface area contributed by atoms with Crippen LogP contribution in [0.3, 0.4) is 0 Å². The maximum absolute atomic E-state index is 3.57. The summed E-state index contributed by atoms with van der Waals surface area (Å²) in [5, 5.41) is 3.57. The van der Waals surface area contributed by atoms with E-state index in [1.165, 1.54) is 68.2 Å². The number of hydrogen-bond acceptors (Lipinski definition) is 1. The zero-order valence-corrected chi connectivity index (χ0v) is 14.6. The van der Waals surface area contributed by atoms with Gasteiger partial charge in [0.2, 0.25) is 0 Å². The number of rotatable bonds is 11. The lowest BCUT2D eigenvalue weighted by Gasteiger charge is -2.09. The number of benzene rings is 2. The Labute approximate surface area is 142 Å². The molecule has 0 amide bonds. The molecule has 0 fully saturated rings. The van der Waals surface area contributed by atoms with Gasteiger partial charge in [-0.1, -0.05) is 94.3 Å². The summed E-state index contributed by atoms with van der Waals surface area (Å²) in [6.07, 6.45) is 11.0. The summed E-state index contributed by atoms with van der Waals surface area (Å²) < 4.78 is 0. The molecule has 23 heavy (non-hydrogen) atoms. The van der Waals surface area contributed by atoms with E-state index in [9.17, 15) is 0 Å². The highest BCUT2D eigenvalue weighted by atomic mass is 14.9. The van der Waals surface area contributed by atoms with E-state index in [2.05, 4.69) is 66.8 Å². The molecule has 0 aliphatic heterocycles. The Bertz CT molecular complexity index is 533. The zero-order chi connectivity index (χ0) is 16.2. The third-order valence-corrected chi connectivity index (χ3v) is 4.33. The molecule has 0 bridgehead atoms. The van der Waals surface area contributed by atoms with E-state index in [4.69, 9.17) is 0 Å². The van der Waals surface area contributed by atoms with Crippen molar-refractivity contribution in [3.8, 4) is 11.1 Å². The highest BCUT2D eigenvalue weighted by molar-refractivity contribution is 5.67. The van der Waals surface area contributed by atoms with Gasteiger partial charge in [0.05, 0.1) is 0 Å². The first-order valence-electron chi connectivity index (χ1n) is 9.29. The first-order chi connectivity index (χ1) is 11.4. The summed E-state index contributed by atoms with van der Waals surface area (Å²) in [6.45, 7) is 3.35. The van der Waals surface area contributed by atoms with Crippen molar-refractivity contribution in [3.05, 3.63) is 54.6 Å². The molecule has 0 aromatic heterocycles. The molecular weight excluding hydrogens is 278 g/mol. The molecule has 1 N–H and O–H groups in total. The lowest BCUT2D eigenvalue weighted by atomic mass is 10.1. The maximum Gasteiger partial charge on any atom is 0.0346 e. The van der Waals surface area contributed by atoms with Gasteiger partial charge in [-0.15, -0.1) is 0 Å². The fourth-order valence-corrected chi connectivity index (χ4v) is 2.93. The Balaban J connectivity index is 1.65. The third-order valence-electron chi connectivity index (χ3n) is 4.33. The van der Waals surface area contributed by atoms with Crippen LogP contribution in [0.25, 0.3) is 11.1 Å². The van der Waals surface area contributed by atoms with Gasteiger partial charge < -0.3 is 5.32 Å². The van der Waals surface area contributed by atoms with Crippen LogP contribution in [0, 0.1) is 0 Å². The molecule has 0 saturated carbocycles. The zero-order valence-electron chi connectivity index (χ0n) is 14.6.